The maximum Gasteiger partial charge on any atom is 0.00284 e. The van der Waals surface area contributed by atoms with Crippen LogP contribution in [0.2, 0.25) is 6.04 Å². The Hall–Kier alpha value is -0.0431. The third-order valence-corrected chi connectivity index (χ3v) is 3.11. The second-order valence-electron chi connectivity index (χ2n) is 3.40. The summed E-state index contributed by atoms with van der Waals surface area (Å²) < 4.78 is 0. The van der Waals surface area contributed by atoms with Crippen LogP contribution >= 0.6 is 0 Å². The summed E-state index contributed by atoms with van der Waals surface area (Å²) in [7, 11) is 1.37. The van der Waals surface area contributed by atoms with E-state index >= 15 is 0 Å². The molecule has 9 heavy (non-hydrogen) atoms. The molecule has 0 aliphatic heterocycles. The van der Waals surface area contributed by atoms with Gasteiger partial charge >= 0.3 is 0 Å². The molecule has 0 aromatic carbocycles. The monoisotopic (exact) mass is 140 g/mol. The Kier molecular flexibility index (Phi) is 1.80. The minimum atomic E-state index is 0.627. The summed E-state index contributed by atoms with van der Waals surface area (Å²) in [5, 5.41) is 0. The molecule has 0 amide bonds. The van der Waals surface area contributed by atoms with Crippen LogP contribution in [0.3, 0.4) is 0 Å². The van der Waals surface area contributed by atoms with Gasteiger partial charge in [-0.1, -0.05) is 24.6 Å². The van der Waals surface area contributed by atoms with Crippen molar-refractivity contribution >= 4 is 10.2 Å². The largest absolute Gasteiger partial charge is 0.0842 e. The van der Waals surface area contributed by atoms with Gasteiger partial charge in [0, 0.05) is 10.2 Å². The Morgan fingerprint density at radius 2 is 2.44 bits per heavy atom. The van der Waals surface area contributed by atoms with Crippen molar-refractivity contribution < 1.29 is 0 Å². The lowest BCUT2D eigenvalue weighted by Gasteiger charge is -2.37. The fraction of sp³-hybridized carbons (Fsp3) is 0.750. The number of hydrogen-bond donors (Lipinski definition) is 0. The van der Waals surface area contributed by atoms with E-state index in [1.54, 1.807) is 5.57 Å². The van der Waals surface area contributed by atoms with Crippen LogP contribution in [0.25, 0.3) is 0 Å². The molecule has 0 saturated heterocycles. The highest BCUT2D eigenvalue weighted by Gasteiger charge is 2.30. The van der Waals surface area contributed by atoms with E-state index in [-0.39, 0.29) is 0 Å². The third-order valence-electron chi connectivity index (χ3n) is 2.61. The maximum absolute atomic E-state index is 2.39. The van der Waals surface area contributed by atoms with Crippen LogP contribution in [-0.4, -0.2) is 10.2 Å². The summed E-state index contributed by atoms with van der Waals surface area (Å²) in [5.74, 6) is 0. The predicted octanol–water partition coefficient (Wildman–Crippen LogP) is 1.52. The second kappa shape index (κ2) is 2.29. The van der Waals surface area contributed by atoms with Gasteiger partial charge in [-0.05, 0) is 25.2 Å². The highest BCUT2D eigenvalue weighted by atomic mass is 28.1. The minimum Gasteiger partial charge on any atom is -0.0842 e. The van der Waals surface area contributed by atoms with Gasteiger partial charge < -0.3 is 0 Å². The average Bonchev–Trinajstić information content (AvgIpc) is 1.86. The van der Waals surface area contributed by atoms with Gasteiger partial charge in [-0.3, -0.25) is 0 Å². The summed E-state index contributed by atoms with van der Waals surface area (Å²) in [4.78, 5) is 0. The average molecular weight is 140 g/mol. The van der Waals surface area contributed by atoms with E-state index in [0.29, 0.717) is 5.41 Å². The quantitative estimate of drug-likeness (QED) is 0.403. The highest BCUT2D eigenvalue weighted by Crippen LogP contribution is 2.43. The molecule has 1 aliphatic rings. The smallest absolute Gasteiger partial charge is 0.00284 e. The first kappa shape index (κ1) is 7.07. The van der Waals surface area contributed by atoms with Crippen molar-refractivity contribution in [1.82, 2.24) is 0 Å². The normalized spacial score (nSPS) is 33.8. The van der Waals surface area contributed by atoms with Gasteiger partial charge in [0.1, 0.15) is 0 Å². The molecular formula is C8H16Si. The molecule has 1 rings (SSSR count). The van der Waals surface area contributed by atoms with E-state index in [9.17, 15) is 0 Å². The van der Waals surface area contributed by atoms with Crippen molar-refractivity contribution in [2.24, 2.45) is 5.41 Å². The van der Waals surface area contributed by atoms with Crippen molar-refractivity contribution in [3.8, 4) is 0 Å². The Bertz CT molecular complexity index is 138. The molecule has 0 heterocycles. The predicted molar refractivity (Wildman–Crippen MR) is 45.8 cm³/mol. The lowest BCUT2D eigenvalue weighted by atomic mass is 9.69. The molecule has 0 aromatic heterocycles. The first-order chi connectivity index (χ1) is 4.19. The number of hydrogen-bond acceptors (Lipinski definition) is 0. The molecule has 1 atom stereocenters. The van der Waals surface area contributed by atoms with E-state index in [1.807, 2.05) is 0 Å². The number of rotatable bonds is 2. The fourth-order valence-corrected chi connectivity index (χ4v) is 2.61. The van der Waals surface area contributed by atoms with Crippen LogP contribution < -0.4 is 0 Å². The third kappa shape index (κ3) is 1.11. The van der Waals surface area contributed by atoms with Crippen LogP contribution in [0.4, 0.5) is 0 Å². The van der Waals surface area contributed by atoms with Gasteiger partial charge in [0.05, 0.1) is 0 Å². The molecule has 1 unspecified atom stereocenters. The summed E-state index contributed by atoms with van der Waals surface area (Å²) in [6, 6.07) is 1.46. The minimum absolute atomic E-state index is 0.627. The lowest BCUT2D eigenvalue weighted by molar-refractivity contribution is 0.343. The van der Waals surface area contributed by atoms with Gasteiger partial charge in [0.25, 0.3) is 0 Å². The molecule has 0 bridgehead atoms. The SMILES string of the molecule is CC1=CCC1(C)CC[SiH3]. The van der Waals surface area contributed by atoms with Crippen LogP contribution in [-0.2, 0) is 0 Å². The summed E-state index contributed by atoms with van der Waals surface area (Å²) in [6.45, 7) is 4.65. The topological polar surface area (TPSA) is 0 Å². The lowest BCUT2D eigenvalue weighted by Crippen LogP contribution is -2.24. The molecule has 0 saturated carbocycles. The van der Waals surface area contributed by atoms with E-state index in [4.69, 9.17) is 0 Å². The first-order valence-electron chi connectivity index (χ1n) is 3.86. The Morgan fingerprint density at radius 3 is 2.56 bits per heavy atom. The van der Waals surface area contributed by atoms with Gasteiger partial charge in [0.15, 0.2) is 0 Å². The first-order valence-corrected chi connectivity index (χ1v) is 5.28. The van der Waals surface area contributed by atoms with Gasteiger partial charge in [-0.25, -0.2) is 0 Å². The van der Waals surface area contributed by atoms with E-state index in [0.717, 1.165) is 0 Å². The highest BCUT2D eigenvalue weighted by molar-refractivity contribution is 6.08. The zero-order chi connectivity index (χ0) is 6.91. The Balaban J connectivity index is 2.48. The molecular weight excluding hydrogens is 124 g/mol. The van der Waals surface area contributed by atoms with Gasteiger partial charge in [0.2, 0.25) is 0 Å². The maximum atomic E-state index is 2.39. The van der Waals surface area contributed by atoms with Crippen molar-refractivity contribution in [1.29, 1.82) is 0 Å². The van der Waals surface area contributed by atoms with Crippen LogP contribution in [0, 0.1) is 5.41 Å². The van der Waals surface area contributed by atoms with Crippen molar-refractivity contribution in [2.45, 2.75) is 32.7 Å². The van der Waals surface area contributed by atoms with Crippen LogP contribution in [0.1, 0.15) is 26.7 Å². The molecule has 0 N–H and O–H groups in total. The zero-order valence-electron chi connectivity index (χ0n) is 6.70. The molecule has 1 heteroatoms. The molecule has 1 aliphatic carbocycles. The zero-order valence-corrected chi connectivity index (χ0v) is 8.70. The van der Waals surface area contributed by atoms with E-state index < -0.39 is 0 Å². The van der Waals surface area contributed by atoms with Gasteiger partial charge in [-0.2, -0.15) is 0 Å². The van der Waals surface area contributed by atoms with Crippen LogP contribution in [0.5, 0.6) is 0 Å². The Morgan fingerprint density at radius 1 is 1.78 bits per heavy atom. The second-order valence-corrected chi connectivity index (χ2v) is 4.40. The molecule has 0 aromatic rings. The fourth-order valence-electron chi connectivity index (χ4n) is 1.51. The van der Waals surface area contributed by atoms with Gasteiger partial charge in [-0.15, -0.1) is 0 Å². The summed E-state index contributed by atoms with van der Waals surface area (Å²) in [5.41, 5.74) is 2.25. The van der Waals surface area contributed by atoms with Crippen LogP contribution in [0.15, 0.2) is 11.6 Å². The van der Waals surface area contributed by atoms with Crippen molar-refractivity contribution in [2.75, 3.05) is 0 Å². The molecule has 52 valence electrons. The number of allylic oxidation sites excluding steroid dienone is 2. The van der Waals surface area contributed by atoms with Crippen molar-refractivity contribution in [3.63, 3.8) is 0 Å². The summed E-state index contributed by atoms with van der Waals surface area (Å²) >= 11 is 0. The van der Waals surface area contributed by atoms with E-state index in [2.05, 4.69) is 19.9 Å². The standard InChI is InChI=1S/C8H16Si/c1-7-3-4-8(7,2)5-6-9/h3H,4-6H2,1-2,9H3. The molecule has 0 fully saturated rings. The Labute approximate surface area is 60.8 Å². The molecule has 0 radical (unpaired) electrons. The molecule has 0 nitrogen and oxygen atoms in total. The molecule has 0 spiro atoms. The van der Waals surface area contributed by atoms with E-state index in [1.165, 1.54) is 29.1 Å². The van der Waals surface area contributed by atoms with Crippen molar-refractivity contribution in [3.05, 3.63) is 11.6 Å². The summed E-state index contributed by atoms with van der Waals surface area (Å²) in [6.07, 6.45) is 5.12.